The summed E-state index contributed by atoms with van der Waals surface area (Å²) in [4.78, 5) is 29.6. The number of H-pyrrole nitrogens is 1. The van der Waals surface area contributed by atoms with Crippen molar-refractivity contribution in [3.63, 3.8) is 0 Å². The maximum absolute atomic E-state index is 11.8. The maximum atomic E-state index is 11.8. The molecule has 9 heteroatoms. The van der Waals surface area contributed by atoms with E-state index in [2.05, 4.69) is 20.4 Å². The Bertz CT molecular complexity index is 744. The SMILES string of the molecule is Cn1cc(-c2noc(CC3CSCCN3)n2)c(=O)[nH]c1=O. The lowest BCUT2D eigenvalue weighted by Crippen LogP contribution is -2.38. The first-order valence-electron chi connectivity index (χ1n) is 6.57. The van der Waals surface area contributed by atoms with Crippen LogP contribution in [0, 0.1) is 0 Å². The Balaban J connectivity index is 1.83. The van der Waals surface area contributed by atoms with Crippen LogP contribution in [0.25, 0.3) is 11.4 Å². The minimum absolute atomic E-state index is 0.199. The summed E-state index contributed by atoms with van der Waals surface area (Å²) in [5.41, 5.74) is -0.772. The maximum Gasteiger partial charge on any atom is 0.328 e. The van der Waals surface area contributed by atoms with E-state index >= 15 is 0 Å². The summed E-state index contributed by atoms with van der Waals surface area (Å²) in [6, 6.07) is 0.301. The Labute approximate surface area is 124 Å². The highest BCUT2D eigenvalue weighted by molar-refractivity contribution is 7.99. The molecule has 1 atom stereocenters. The molecule has 3 heterocycles. The fourth-order valence-electron chi connectivity index (χ4n) is 2.13. The molecule has 0 amide bonds. The predicted molar refractivity (Wildman–Crippen MR) is 78.4 cm³/mol. The zero-order valence-corrected chi connectivity index (χ0v) is 12.3. The topological polar surface area (TPSA) is 106 Å². The molecule has 1 unspecified atom stereocenters. The van der Waals surface area contributed by atoms with E-state index in [-0.39, 0.29) is 11.4 Å². The molecule has 2 N–H and O–H groups in total. The number of nitrogens with one attached hydrogen (secondary N) is 2. The molecule has 112 valence electrons. The van der Waals surface area contributed by atoms with Crippen molar-refractivity contribution in [1.82, 2.24) is 25.0 Å². The smallest absolute Gasteiger partial charge is 0.328 e. The van der Waals surface area contributed by atoms with Crippen molar-refractivity contribution in [1.29, 1.82) is 0 Å². The number of nitrogens with zero attached hydrogens (tertiary/aromatic N) is 3. The van der Waals surface area contributed by atoms with E-state index in [1.165, 1.54) is 10.8 Å². The van der Waals surface area contributed by atoms with Crippen molar-refractivity contribution in [2.75, 3.05) is 18.1 Å². The summed E-state index contributed by atoms with van der Waals surface area (Å²) in [7, 11) is 1.55. The van der Waals surface area contributed by atoms with Gasteiger partial charge in [0.05, 0.1) is 0 Å². The van der Waals surface area contributed by atoms with E-state index in [0.717, 1.165) is 18.1 Å². The first kappa shape index (κ1) is 14.1. The van der Waals surface area contributed by atoms with Crippen LogP contribution in [0.4, 0.5) is 0 Å². The third kappa shape index (κ3) is 3.08. The molecule has 21 heavy (non-hydrogen) atoms. The first-order valence-corrected chi connectivity index (χ1v) is 7.73. The van der Waals surface area contributed by atoms with Crippen molar-refractivity contribution in [2.24, 2.45) is 7.05 Å². The van der Waals surface area contributed by atoms with Crippen LogP contribution in [-0.4, -0.2) is 43.8 Å². The molecule has 1 saturated heterocycles. The molecule has 1 aliphatic rings. The number of hydrogen-bond donors (Lipinski definition) is 2. The lowest BCUT2D eigenvalue weighted by molar-refractivity contribution is 0.363. The lowest BCUT2D eigenvalue weighted by atomic mass is 10.2. The molecule has 1 fully saturated rings. The van der Waals surface area contributed by atoms with Crippen molar-refractivity contribution in [3.05, 3.63) is 32.9 Å². The first-order chi connectivity index (χ1) is 10.1. The summed E-state index contributed by atoms with van der Waals surface area (Å²) in [5.74, 6) is 2.79. The second kappa shape index (κ2) is 5.86. The molecular formula is C12H15N5O3S. The summed E-state index contributed by atoms with van der Waals surface area (Å²) in [6.45, 7) is 0.969. The van der Waals surface area contributed by atoms with Crippen molar-refractivity contribution < 1.29 is 4.52 Å². The molecule has 3 rings (SSSR count). The highest BCUT2D eigenvalue weighted by Gasteiger charge is 2.19. The average molecular weight is 309 g/mol. The number of aromatic amines is 1. The quantitative estimate of drug-likeness (QED) is 0.777. The van der Waals surface area contributed by atoms with Gasteiger partial charge in [-0.1, -0.05) is 5.16 Å². The number of thioether (sulfide) groups is 1. The highest BCUT2D eigenvalue weighted by Crippen LogP contribution is 2.14. The molecule has 0 spiro atoms. The van der Waals surface area contributed by atoms with Crippen LogP contribution in [0.15, 0.2) is 20.3 Å². The largest absolute Gasteiger partial charge is 0.339 e. The zero-order valence-electron chi connectivity index (χ0n) is 11.5. The fraction of sp³-hybridized carbons (Fsp3) is 0.500. The Morgan fingerprint density at radius 1 is 1.52 bits per heavy atom. The number of aryl methyl sites for hydroxylation is 1. The van der Waals surface area contributed by atoms with Crippen LogP contribution >= 0.6 is 11.8 Å². The lowest BCUT2D eigenvalue weighted by Gasteiger charge is -2.21. The van der Waals surface area contributed by atoms with E-state index in [9.17, 15) is 9.59 Å². The molecule has 0 bridgehead atoms. The van der Waals surface area contributed by atoms with Gasteiger partial charge in [-0.05, 0) is 0 Å². The van der Waals surface area contributed by atoms with Crippen molar-refractivity contribution in [2.45, 2.75) is 12.5 Å². The van der Waals surface area contributed by atoms with E-state index in [1.54, 1.807) is 7.05 Å². The van der Waals surface area contributed by atoms with Gasteiger partial charge < -0.3 is 14.4 Å². The second-order valence-electron chi connectivity index (χ2n) is 4.85. The van der Waals surface area contributed by atoms with E-state index < -0.39 is 11.2 Å². The van der Waals surface area contributed by atoms with Crippen LogP contribution in [0.3, 0.4) is 0 Å². The van der Waals surface area contributed by atoms with Crippen LogP contribution in [0.2, 0.25) is 0 Å². The summed E-state index contributed by atoms with van der Waals surface area (Å²) < 4.78 is 6.47. The molecule has 0 saturated carbocycles. The molecule has 0 aliphatic carbocycles. The third-order valence-electron chi connectivity index (χ3n) is 3.24. The number of aromatic nitrogens is 4. The number of hydrogen-bond acceptors (Lipinski definition) is 7. The molecule has 2 aromatic rings. The van der Waals surface area contributed by atoms with Gasteiger partial charge in [0.25, 0.3) is 5.56 Å². The van der Waals surface area contributed by atoms with Gasteiger partial charge in [-0.2, -0.15) is 16.7 Å². The minimum Gasteiger partial charge on any atom is -0.339 e. The van der Waals surface area contributed by atoms with E-state index in [1.807, 2.05) is 11.8 Å². The molecular weight excluding hydrogens is 294 g/mol. The van der Waals surface area contributed by atoms with Gasteiger partial charge in [0.15, 0.2) is 0 Å². The highest BCUT2D eigenvalue weighted by atomic mass is 32.2. The van der Waals surface area contributed by atoms with Gasteiger partial charge in [0.2, 0.25) is 11.7 Å². The summed E-state index contributed by atoms with van der Waals surface area (Å²) >= 11 is 1.89. The standard InChI is InChI=1S/C12H15N5O3S/c1-17-5-8(11(18)15-12(17)19)10-14-9(20-16-10)4-7-6-21-3-2-13-7/h5,7,13H,2-4,6H2,1H3,(H,15,18,19). The van der Waals surface area contributed by atoms with Crippen LogP contribution in [-0.2, 0) is 13.5 Å². The van der Waals surface area contributed by atoms with Gasteiger partial charge >= 0.3 is 5.69 Å². The van der Waals surface area contributed by atoms with Crippen molar-refractivity contribution >= 4 is 11.8 Å². The van der Waals surface area contributed by atoms with Gasteiger partial charge in [-0.15, -0.1) is 0 Å². The molecule has 0 aromatic carbocycles. The third-order valence-corrected chi connectivity index (χ3v) is 4.37. The molecule has 8 nitrogen and oxygen atoms in total. The second-order valence-corrected chi connectivity index (χ2v) is 6.00. The summed E-state index contributed by atoms with van der Waals surface area (Å²) in [6.07, 6.45) is 2.04. The van der Waals surface area contributed by atoms with Gasteiger partial charge in [-0.25, -0.2) is 4.79 Å². The monoisotopic (exact) mass is 309 g/mol. The van der Waals surface area contributed by atoms with Crippen LogP contribution < -0.4 is 16.6 Å². The van der Waals surface area contributed by atoms with E-state index in [4.69, 9.17) is 4.52 Å². The normalized spacial score (nSPS) is 18.8. The molecule has 2 aromatic heterocycles. The van der Waals surface area contributed by atoms with Crippen LogP contribution in [0.5, 0.6) is 0 Å². The molecule has 1 aliphatic heterocycles. The Kier molecular flexibility index (Phi) is 3.93. The Hall–Kier alpha value is -1.87. The summed E-state index contributed by atoms with van der Waals surface area (Å²) in [5, 5.41) is 7.21. The average Bonchev–Trinajstić information content (AvgIpc) is 2.92. The van der Waals surface area contributed by atoms with E-state index in [0.29, 0.717) is 18.4 Å². The predicted octanol–water partition coefficient (Wildman–Crippen LogP) is -0.629. The fourth-order valence-corrected chi connectivity index (χ4v) is 3.08. The molecule has 0 radical (unpaired) electrons. The van der Waals surface area contributed by atoms with Gasteiger partial charge in [0, 0.05) is 43.8 Å². The zero-order chi connectivity index (χ0) is 14.8. The van der Waals surface area contributed by atoms with Crippen LogP contribution in [0.1, 0.15) is 5.89 Å². The van der Waals surface area contributed by atoms with Gasteiger partial charge in [-0.3, -0.25) is 9.78 Å². The Morgan fingerprint density at radius 2 is 2.38 bits per heavy atom. The number of rotatable bonds is 3. The van der Waals surface area contributed by atoms with Gasteiger partial charge in [0.1, 0.15) is 5.56 Å². The Morgan fingerprint density at radius 3 is 3.14 bits per heavy atom. The van der Waals surface area contributed by atoms with Crippen molar-refractivity contribution in [3.8, 4) is 11.4 Å². The minimum atomic E-state index is -0.517.